The fourth-order valence-corrected chi connectivity index (χ4v) is 8.42. The van der Waals surface area contributed by atoms with Crippen LogP contribution in [0.2, 0.25) is 0 Å². The molecule has 0 aromatic heterocycles. The Morgan fingerprint density at radius 2 is 1.82 bits per heavy atom. The maximum absolute atomic E-state index is 14.4. The largest absolute Gasteiger partial charge is 0.444 e. The molecule has 0 spiro atoms. The van der Waals surface area contributed by atoms with Gasteiger partial charge < -0.3 is 29.7 Å². The van der Waals surface area contributed by atoms with Crippen molar-refractivity contribution in [3.05, 3.63) is 35.1 Å². The number of carbonyl (C=O) groups excluding carboxylic acids is 5. The Kier molecular flexibility index (Phi) is 10.2. The minimum atomic E-state index is -3.91. The van der Waals surface area contributed by atoms with Crippen molar-refractivity contribution in [2.45, 2.75) is 120 Å². The van der Waals surface area contributed by atoms with Crippen molar-refractivity contribution >= 4 is 39.9 Å². The number of carbonyl (C=O) groups is 5. The highest BCUT2D eigenvalue weighted by Crippen LogP contribution is 2.48. The molecule has 5 unspecified atom stereocenters. The molecule has 51 heavy (non-hydrogen) atoms. The van der Waals surface area contributed by atoms with Crippen LogP contribution in [0.5, 0.6) is 0 Å². The lowest BCUT2D eigenvalue weighted by atomic mass is 10.1. The van der Waals surface area contributed by atoms with E-state index in [9.17, 15) is 36.8 Å². The van der Waals surface area contributed by atoms with Gasteiger partial charge in [0.2, 0.25) is 21.8 Å². The number of nitrogens with zero attached hydrogens (tertiary/aromatic N) is 2. The van der Waals surface area contributed by atoms with Crippen LogP contribution < -0.4 is 15.4 Å². The molecule has 2 aliphatic carbocycles. The van der Waals surface area contributed by atoms with Gasteiger partial charge in [-0.1, -0.05) is 18.6 Å². The normalized spacial score (nSPS) is 28.6. The minimum absolute atomic E-state index is 0.00914. The van der Waals surface area contributed by atoms with Gasteiger partial charge >= 0.3 is 12.2 Å². The summed E-state index contributed by atoms with van der Waals surface area (Å²) in [4.78, 5) is 70.7. The van der Waals surface area contributed by atoms with Crippen LogP contribution in [0.1, 0.15) is 83.3 Å². The van der Waals surface area contributed by atoms with Crippen LogP contribution in [0.3, 0.4) is 0 Å². The first-order valence-electron chi connectivity index (χ1n) is 17.5. The van der Waals surface area contributed by atoms with Crippen molar-refractivity contribution in [1.82, 2.24) is 25.2 Å². The third-order valence-electron chi connectivity index (χ3n) is 9.99. The van der Waals surface area contributed by atoms with Crippen molar-refractivity contribution < 1.29 is 51.0 Å². The van der Waals surface area contributed by atoms with E-state index in [0.717, 1.165) is 0 Å². The van der Waals surface area contributed by atoms with Crippen molar-refractivity contribution in [3.63, 3.8) is 0 Å². The second-order valence-electron chi connectivity index (χ2n) is 15.1. The fraction of sp³-hybridized carbons (Fsp3) is 0.676. The molecule has 4 fully saturated rings. The molecule has 15 nitrogen and oxygen atoms in total. The molecule has 5 atom stereocenters. The predicted molar refractivity (Wildman–Crippen MR) is 178 cm³/mol. The third kappa shape index (κ3) is 8.40. The summed E-state index contributed by atoms with van der Waals surface area (Å²) < 4.78 is 59.0. The fourth-order valence-electron chi connectivity index (χ4n) is 7.06. The molecule has 6 rings (SSSR count). The molecular weight excluding hydrogens is 689 g/mol. The Morgan fingerprint density at radius 3 is 2.53 bits per heavy atom. The first-order chi connectivity index (χ1) is 24.1. The number of hydrogen-bond acceptors (Lipinski definition) is 10. The summed E-state index contributed by atoms with van der Waals surface area (Å²) in [5.41, 5.74) is -1.35. The number of fused-ring (bicyclic) bond motifs is 3. The van der Waals surface area contributed by atoms with Crippen LogP contribution in [0.25, 0.3) is 0 Å². The first-order valence-corrected chi connectivity index (χ1v) is 19.1. The molecular formula is C34H46FN5O10S. The van der Waals surface area contributed by atoms with E-state index in [4.69, 9.17) is 14.2 Å². The summed E-state index contributed by atoms with van der Waals surface area (Å²) in [5, 5.41) is 4.74. The van der Waals surface area contributed by atoms with Crippen LogP contribution in [0.4, 0.5) is 14.0 Å². The van der Waals surface area contributed by atoms with E-state index < -0.39 is 80.3 Å². The Labute approximate surface area is 296 Å². The Bertz CT molecular complexity index is 1680. The molecule has 2 saturated carbocycles. The highest BCUT2D eigenvalue weighted by atomic mass is 32.2. The van der Waals surface area contributed by atoms with Gasteiger partial charge in [-0.05, 0) is 70.4 Å². The zero-order valence-corrected chi connectivity index (χ0v) is 29.9. The lowest BCUT2D eigenvalue weighted by Crippen LogP contribution is -2.58. The van der Waals surface area contributed by atoms with E-state index in [-0.39, 0.29) is 51.4 Å². The monoisotopic (exact) mass is 735 g/mol. The van der Waals surface area contributed by atoms with Gasteiger partial charge in [-0.15, -0.1) is 0 Å². The maximum Gasteiger partial charge on any atom is 0.410 e. The number of sulfonamides is 1. The molecule has 0 bridgehead atoms. The maximum atomic E-state index is 14.4. The number of hydrogen-bond donors (Lipinski definition) is 3. The van der Waals surface area contributed by atoms with Crippen molar-refractivity contribution in [1.29, 1.82) is 0 Å². The number of rotatable bonds is 5. The van der Waals surface area contributed by atoms with Crippen molar-refractivity contribution in [2.75, 3.05) is 19.8 Å². The van der Waals surface area contributed by atoms with Gasteiger partial charge in [0, 0.05) is 38.2 Å². The van der Waals surface area contributed by atoms with E-state index in [0.29, 0.717) is 49.8 Å². The molecule has 0 radical (unpaired) electrons. The quantitative estimate of drug-likeness (QED) is 0.405. The van der Waals surface area contributed by atoms with Crippen molar-refractivity contribution in [2.24, 2.45) is 5.92 Å². The van der Waals surface area contributed by atoms with Crippen LogP contribution in [-0.2, 0) is 51.7 Å². The Balaban J connectivity index is 1.24. The molecule has 3 heterocycles. The Morgan fingerprint density at radius 1 is 1.06 bits per heavy atom. The van der Waals surface area contributed by atoms with Gasteiger partial charge in [0.15, 0.2) is 0 Å². The topological polar surface area (TPSA) is 190 Å². The minimum Gasteiger partial charge on any atom is -0.444 e. The second kappa shape index (κ2) is 14.2. The zero-order chi connectivity index (χ0) is 36.7. The van der Waals surface area contributed by atoms with Crippen LogP contribution >= 0.6 is 0 Å². The van der Waals surface area contributed by atoms with Gasteiger partial charge in [0.25, 0.3) is 5.91 Å². The lowest BCUT2D eigenvalue weighted by Gasteiger charge is -2.30. The van der Waals surface area contributed by atoms with E-state index in [1.165, 1.54) is 15.9 Å². The average molecular weight is 736 g/mol. The van der Waals surface area contributed by atoms with E-state index >= 15 is 0 Å². The summed E-state index contributed by atoms with van der Waals surface area (Å²) in [6, 6.07) is 2.16. The molecule has 5 aliphatic rings. The molecule has 1 aromatic rings. The van der Waals surface area contributed by atoms with E-state index in [2.05, 4.69) is 15.4 Å². The Hall–Kier alpha value is -3.99. The summed E-state index contributed by atoms with van der Waals surface area (Å²) in [7, 11) is -3.91. The highest BCUT2D eigenvalue weighted by molar-refractivity contribution is 7.91. The van der Waals surface area contributed by atoms with Crippen molar-refractivity contribution in [3.8, 4) is 0 Å². The molecule has 1 aromatic carbocycles. The van der Waals surface area contributed by atoms with E-state index in [1.54, 1.807) is 32.9 Å². The molecule has 3 aliphatic heterocycles. The summed E-state index contributed by atoms with van der Waals surface area (Å²) in [6.45, 7) is 5.37. The smallest absolute Gasteiger partial charge is 0.410 e. The number of nitrogens with one attached hydrogen (secondary N) is 3. The third-order valence-corrected chi connectivity index (χ3v) is 11.8. The van der Waals surface area contributed by atoms with Gasteiger partial charge in [-0.25, -0.2) is 22.4 Å². The summed E-state index contributed by atoms with van der Waals surface area (Å²) in [6.07, 6.45) is 0.216. The van der Waals surface area contributed by atoms with Gasteiger partial charge in [-0.2, -0.15) is 0 Å². The number of amides is 5. The molecule has 2 saturated heterocycles. The highest BCUT2D eigenvalue weighted by Gasteiger charge is 2.62. The van der Waals surface area contributed by atoms with Gasteiger partial charge in [0.05, 0.1) is 18.3 Å². The van der Waals surface area contributed by atoms with Gasteiger partial charge in [0.1, 0.15) is 35.1 Å². The predicted octanol–water partition coefficient (Wildman–Crippen LogP) is 2.21. The lowest BCUT2D eigenvalue weighted by molar-refractivity contribution is -0.141. The number of ether oxygens (including phenoxy) is 3. The van der Waals surface area contributed by atoms with Crippen LogP contribution in [0.15, 0.2) is 18.2 Å². The number of benzene rings is 1. The van der Waals surface area contributed by atoms with Crippen LogP contribution in [-0.4, -0.2) is 102 Å². The van der Waals surface area contributed by atoms with E-state index in [1.807, 2.05) is 0 Å². The molecule has 17 heteroatoms. The number of alkyl carbamates (subject to hydrolysis) is 1. The second-order valence-corrected chi connectivity index (χ2v) is 17.1. The van der Waals surface area contributed by atoms with Crippen LogP contribution in [0, 0.1) is 11.7 Å². The molecule has 280 valence electrons. The zero-order valence-electron chi connectivity index (χ0n) is 29.1. The summed E-state index contributed by atoms with van der Waals surface area (Å²) >= 11 is 0. The first kappa shape index (κ1) is 36.8. The number of halogens is 1. The summed E-state index contributed by atoms with van der Waals surface area (Å²) in [5.74, 6) is -2.99. The average Bonchev–Trinajstić information content (AvgIpc) is 3.93. The SMILES string of the molecule is CC(C)(C)OC(=O)NC1CCOCCCCC2CC2(C(=O)NS(=O)(=O)C2CC2)NC(=O)C2CC(OC(=O)N3Cc4cccc(F)c4C3)CN2C1=O. The molecule has 5 amide bonds. The van der Waals surface area contributed by atoms with Gasteiger partial charge in [-0.3, -0.25) is 24.0 Å². The standard InChI is InChI=1S/C34H46FN5O10S/c1-33(2,3)50-31(44)36-26-12-14-48-13-5-4-8-21-16-34(21,30(43)38-51(46,47)23-10-11-23)37-28(41)27-15-22(18-40(27)29(26)42)49-32(45)39-17-20-7-6-9-25(35)24(20)19-39/h6-7,9,21-23,26-27H,4-5,8,10-19H2,1-3H3,(H,36,44)(H,37,41)(H,38,43). The molecule has 3 N–H and O–H groups in total.